The van der Waals surface area contributed by atoms with Crippen LogP contribution in [0.15, 0.2) is 0 Å². The van der Waals surface area contributed by atoms with Gasteiger partial charge in [-0.2, -0.15) is 9.78 Å². The predicted molar refractivity (Wildman–Crippen MR) is 109 cm³/mol. The molecule has 0 aromatic heterocycles. The second-order valence-electron chi connectivity index (χ2n) is 9.75. The Morgan fingerprint density at radius 3 is 1.50 bits per heavy atom. The van der Waals surface area contributed by atoms with Crippen molar-refractivity contribution in [2.75, 3.05) is 0 Å². The molecule has 0 aliphatic heterocycles. The maximum atomic E-state index is 11.6. The summed E-state index contributed by atoms with van der Waals surface area (Å²) in [4.78, 5) is 41.5. The predicted octanol–water partition coefficient (Wildman–Crippen LogP) is 5.69. The summed E-state index contributed by atoms with van der Waals surface area (Å²) >= 11 is 0. The molecular formula is C22H40O8. The van der Waals surface area contributed by atoms with Crippen LogP contribution in [-0.4, -0.2) is 23.1 Å². The van der Waals surface area contributed by atoms with Crippen LogP contribution in [-0.2, 0) is 39.2 Å². The van der Waals surface area contributed by atoms with Crippen molar-refractivity contribution in [2.45, 2.75) is 123 Å². The van der Waals surface area contributed by atoms with Crippen LogP contribution >= 0.6 is 0 Å². The van der Waals surface area contributed by atoms with Crippen LogP contribution in [0.5, 0.6) is 0 Å². The van der Waals surface area contributed by atoms with Crippen LogP contribution in [0.3, 0.4) is 0 Å². The minimum Gasteiger partial charge on any atom is -0.255 e. The van der Waals surface area contributed by atoms with Crippen molar-refractivity contribution in [3.63, 3.8) is 0 Å². The summed E-state index contributed by atoms with van der Waals surface area (Å²) in [6.45, 7) is 8.78. The molecule has 8 heteroatoms. The van der Waals surface area contributed by atoms with E-state index >= 15 is 0 Å². The Kier molecular flexibility index (Phi) is 12.5. The summed E-state index contributed by atoms with van der Waals surface area (Å²) < 4.78 is 0. The topological polar surface area (TPSA) is 89.5 Å². The standard InChI is InChI=1S/C22H40O8/c1-21(2,3)27-29-25-19(23)20(24)26-30-28-22(4,5)17-18-15-13-11-9-7-6-8-10-12-14-16-18/h18H,6-17H2,1-5H3. The number of hydrogen-bond acceptors (Lipinski definition) is 8. The highest BCUT2D eigenvalue weighted by Crippen LogP contribution is 2.30. The zero-order valence-corrected chi connectivity index (χ0v) is 19.3. The average molecular weight is 433 g/mol. The van der Waals surface area contributed by atoms with Gasteiger partial charge in [0.1, 0.15) is 5.60 Å². The molecule has 0 heterocycles. The Balaban J connectivity index is 2.34. The lowest BCUT2D eigenvalue weighted by Crippen LogP contribution is -2.30. The third-order valence-electron chi connectivity index (χ3n) is 4.93. The molecule has 0 atom stereocenters. The zero-order chi connectivity index (χ0) is 22.5. The van der Waals surface area contributed by atoms with Gasteiger partial charge in [-0.15, -0.1) is 0 Å². The van der Waals surface area contributed by atoms with Crippen LogP contribution in [0, 0.1) is 5.92 Å². The first-order valence-corrected chi connectivity index (χ1v) is 11.2. The summed E-state index contributed by atoms with van der Waals surface area (Å²) in [5.41, 5.74) is -1.38. The number of hydrogen-bond donors (Lipinski definition) is 0. The first-order chi connectivity index (χ1) is 14.1. The van der Waals surface area contributed by atoms with E-state index in [4.69, 9.17) is 9.78 Å². The molecule has 1 aliphatic rings. The van der Waals surface area contributed by atoms with E-state index in [1.807, 2.05) is 13.8 Å². The fourth-order valence-corrected chi connectivity index (χ4v) is 3.54. The van der Waals surface area contributed by atoms with E-state index in [-0.39, 0.29) is 0 Å². The third-order valence-corrected chi connectivity index (χ3v) is 4.93. The maximum absolute atomic E-state index is 11.6. The molecule has 1 saturated carbocycles. The Hall–Kier alpha value is -1.22. The van der Waals surface area contributed by atoms with Crippen molar-refractivity contribution < 1.29 is 39.2 Å². The smallest absolute Gasteiger partial charge is 0.255 e. The van der Waals surface area contributed by atoms with Gasteiger partial charge in [-0.3, -0.25) is 9.78 Å². The average Bonchev–Trinajstić information content (AvgIpc) is 2.62. The normalized spacial score (nSPS) is 18.2. The Morgan fingerprint density at radius 2 is 1.07 bits per heavy atom. The van der Waals surface area contributed by atoms with Gasteiger partial charge >= 0.3 is 11.9 Å². The SMILES string of the molecule is CC(C)(C)OOOC(=O)C(=O)OOOC(C)(C)CC1CCCCCCCCCCC1. The Morgan fingerprint density at radius 1 is 0.667 bits per heavy atom. The lowest BCUT2D eigenvalue weighted by atomic mass is 9.85. The minimum atomic E-state index is -1.42. The highest BCUT2D eigenvalue weighted by Gasteiger charge is 2.28. The monoisotopic (exact) mass is 432 g/mol. The van der Waals surface area contributed by atoms with Gasteiger partial charge in [0, 0.05) is 0 Å². The van der Waals surface area contributed by atoms with E-state index in [0.29, 0.717) is 5.92 Å². The molecular weight excluding hydrogens is 392 g/mol. The molecule has 1 aliphatic carbocycles. The van der Waals surface area contributed by atoms with Gasteiger partial charge in [0.2, 0.25) is 0 Å². The van der Waals surface area contributed by atoms with Crippen molar-refractivity contribution in [3.8, 4) is 0 Å². The number of rotatable bonds is 7. The number of carbonyl (C=O) groups is 2. The molecule has 0 spiro atoms. The molecule has 176 valence electrons. The third kappa shape index (κ3) is 13.9. The lowest BCUT2D eigenvalue weighted by molar-refractivity contribution is -0.525. The van der Waals surface area contributed by atoms with Crippen LogP contribution in [0.2, 0.25) is 0 Å². The van der Waals surface area contributed by atoms with Crippen molar-refractivity contribution >= 4 is 11.9 Å². The van der Waals surface area contributed by atoms with Crippen molar-refractivity contribution in [3.05, 3.63) is 0 Å². The summed E-state index contributed by atoms with van der Waals surface area (Å²) in [7, 11) is 0. The molecule has 0 unspecified atom stereocenters. The van der Waals surface area contributed by atoms with Crippen LogP contribution in [0.4, 0.5) is 0 Å². The Labute approximate surface area is 180 Å². The van der Waals surface area contributed by atoms with Gasteiger partial charge in [-0.05, 0) is 57.0 Å². The fourth-order valence-electron chi connectivity index (χ4n) is 3.54. The largest absolute Gasteiger partial charge is 0.456 e. The highest BCUT2D eigenvalue weighted by atomic mass is 17.5. The van der Waals surface area contributed by atoms with Gasteiger partial charge < -0.3 is 0 Å². The molecule has 0 aromatic carbocycles. The van der Waals surface area contributed by atoms with Crippen LogP contribution in [0.1, 0.15) is 112 Å². The van der Waals surface area contributed by atoms with E-state index < -0.39 is 23.1 Å². The van der Waals surface area contributed by atoms with Crippen molar-refractivity contribution in [1.82, 2.24) is 0 Å². The molecule has 8 nitrogen and oxygen atoms in total. The second kappa shape index (κ2) is 14.0. The van der Waals surface area contributed by atoms with Gasteiger partial charge in [0.25, 0.3) is 0 Å². The summed E-state index contributed by atoms with van der Waals surface area (Å²) in [6.07, 6.45) is 14.7. The second-order valence-corrected chi connectivity index (χ2v) is 9.75. The van der Waals surface area contributed by atoms with Crippen molar-refractivity contribution in [2.24, 2.45) is 5.92 Å². The van der Waals surface area contributed by atoms with Gasteiger partial charge in [0.05, 0.1) is 5.60 Å². The summed E-state index contributed by atoms with van der Waals surface area (Å²) in [5, 5.41) is 8.80. The van der Waals surface area contributed by atoms with Crippen LogP contribution < -0.4 is 0 Å². The quantitative estimate of drug-likeness (QED) is 0.288. The van der Waals surface area contributed by atoms with Gasteiger partial charge in [-0.1, -0.05) is 70.6 Å². The molecule has 0 N–H and O–H groups in total. The lowest BCUT2D eigenvalue weighted by Gasteiger charge is -2.28. The molecule has 0 radical (unpaired) electrons. The van der Waals surface area contributed by atoms with Crippen molar-refractivity contribution in [1.29, 1.82) is 0 Å². The van der Waals surface area contributed by atoms with E-state index in [1.165, 1.54) is 57.8 Å². The van der Waals surface area contributed by atoms with Gasteiger partial charge in [-0.25, -0.2) is 9.59 Å². The first-order valence-electron chi connectivity index (χ1n) is 11.2. The maximum Gasteiger partial charge on any atom is 0.456 e. The van der Waals surface area contributed by atoms with E-state index in [1.54, 1.807) is 20.8 Å². The summed E-state index contributed by atoms with van der Waals surface area (Å²) in [6, 6.07) is 0. The zero-order valence-electron chi connectivity index (χ0n) is 19.3. The number of carbonyl (C=O) groups excluding carboxylic acids is 2. The highest BCUT2D eigenvalue weighted by molar-refractivity contribution is 6.29. The molecule has 0 bridgehead atoms. The molecule has 0 amide bonds. The van der Waals surface area contributed by atoms with E-state index in [9.17, 15) is 9.59 Å². The molecule has 1 fully saturated rings. The molecule has 0 saturated heterocycles. The minimum absolute atomic E-state index is 0.520. The first kappa shape index (κ1) is 26.8. The molecule has 0 aromatic rings. The fraction of sp³-hybridized carbons (Fsp3) is 0.909. The molecule has 30 heavy (non-hydrogen) atoms. The molecule has 1 rings (SSSR count). The van der Waals surface area contributed by atoms with Gasteiger partial charge in [0.15, 0.2) is 0 Å². The Bertz CT molecular complexity index is 486. The van der Waals surface area contributed by atoms with E-state index in [0.717, 1.165) is 19.3 Å². The van der Waals surface area contributed by atoms with E-state index in [2.05, 4.69) is 19.9 Å². The van der Waals surface area contributed by atoms with Crippen LogP contribution in [0.25, 0.3) is 0 Å². The summed E-state index contributed by atoms with van der Waals surface area (Å²) in [5.74, 6) is -2.30.